The summed E-state index contributed by atoms with van der Waals surface area (Å²) in [5, 5.41) is 0.644. The summed E-state index contributed by atoms with van der Waals surface area (Å²) in [6, 6.07) is 0. The van der Waals surface area contributed by atoms with Crippen molar-refractivity contribution in [3.63, 3.8) is 0 Å². The Balaban J connectivity index is 2.58. The zero-order valence-electron chi connectivity index (χ0n) is 6.42. The van der Waals surface area contributed by atoms with Gasteiger partial charge in [0.25, 0.3) is 0 Å². The molecule has 0 fully saturated rings. The molecule has 0 atom stereocenters. The number of nitrogens with zero attached hydrogens (tertiary/aromatic N) is 1. The van der Waals surface area contributed by atoms with Gasteiger partial charge in [-0.25, -0.2) is 4.98 Å². The largest absolute Gasteiger partial charge is 0.238 e. The van der Waals surface area contributed by atoms with Crippen LogP contribution in [-0.2, 0) is 0 Å². The van der Waals surface area contributed by atoms with Crippen molar-refractivity contribution in [2.45, 2.75) is 30.4 Å². The topological polar surface area (TPSA) is 12.9 Å². The predicted molar refractivity (Wildman–Crippen MR) is 47.8 cm³/mol. The van der Waals surface area contributed by atoms with E-state index in [1.807, 2.05) is 18.0 Å². The van der Waals surface area contributed by atoms with Gasteiger partial charge in [-0.3, -0.25) is 0 Å². The Hall–Kier alpha value is -0.0200. The van der Waals surface area contributed by atoms with Crippen LogP contribution in [0.5, 0.6) is 0 Å². The van der Waals surface area contributed by atoms with Gasteiger partial charge in [0, 0.05) is 16.3 Å². The highest BCUT2D eigenvalue weighted by molar-refractivity contribution is 8.01. The fraction of sp³-hybridized carbons (Fsp3) is 0.571. The fourth-order valence-corrected chi connectivity index (χ4v) is 2.76. The van der Waals surface area contributed by atoms with Crippen LogP contribution in [0.25, 0.3) is 0 Å². The molecule has 1 nitrogen and oxygen atoms in total. The van der Waals surface area contributed by atoms with Crippen LogP contribution in [-0.4, -0.2) is 10.2 Å². The van der Waals surface area contributed by atoms with Crippen LogP contribution in [0.4, 0.5) is 0 Å². The molecule has 0 N–H and O–H groups in total. The molecule has 0 bridgehead atoms. The van der Waals surface area contributed by atoms with Gasteiger partial charge in [0.2, 0.25) is 0 Å². The molecule has 0 saturated heterocycles. The first kappa shape index (κ1) is 8.08. The molecule has 0 unspecified atom stereocenters. The van der Waals surface area contributed by atoms with Gasteiger partial charge in [0.05, 0.1) is 0 Å². The third-order valence-corrected chi connectivity index (χ3v) is 2.96. The molecular formula is C7H11NS2. The van der Waals surface area contributed by atoms with Crippen molar-refractivity contribution < 1.29 is 0 Å². The monoisotopic (exact) mass is 173 g/mol. The van der Waals surface area contributed by atoms with Crippen LogP contribution in [0, 0.1) is 6.92 Å². The van der Waals surface area contributed by atoms with Crippen molar-refractivity contribution in [1.82, 2.24) is 4.98 Å². The number of hydrogen-bond donors (Lipinski definition) is 0. The lowest BCUT2D eigenvalue weighted by Gasteiger charge is -1.97. The van der Waals surface area contributed by atoms with E-state index in [0.717, 1.165) is 0 Å². The highest BCUT2D eigenvalue weighted by Gasteiger charge is 2.00. The van der Waals surface area contributed by atoms with Crippen LogP contribution in [0.3, 0.4) is 0 Å². The molecule has 0 aliphatic carbocycles. The summed E-state index contributed by atoms with van der Waals surface area (Å²) < 4.78 is 1.19. The summed E-state index contributed by atoms with van der Waals surface area (Å²) >= 11 is 3.59. The first-order chi connectivity index (χ1) is 4.68. The van der Waals surface area contributed by atoms with Gasteiger partial charge in [-0.1, -0.05) is 25.6 Å². The van der Waals surface area contributed by atoms with E-state index in [2.05, 4.69) is 25.8 Å². The van der Waals surface area contributed by atoms with Crippen LogP contribution in [0.15, 0.2) is 10.5 Å². The van der Waals surface area contributed by atoms with Crippen molar-refractivity contribution in [2.75, 3.05) is 0 Å². The first-order valence-corrected chi connectivity index (χ1v) is 4.97. The molecule has 0 saturated carbocycles. The van der Waals surface area contributed by atoms with Gasteiger partial charge in [-0.2, -0.15) is 0 Å². The first-order valence-electron chi connectivity index (χ1n) is 3.27. The predicted octanol–water partition coefficient (Wildman–Crippen LogP) is 2.95. The van der Waals surface area contributed by atoms with Gasteiger partial charge in [0.1, 0.15) is 4.34 Å². The second-order valence-corrected chi connectivity index (χ2v) is 5.46. The maximum atomic E-state index is 4.24. The number of hydrogen-bond acceptors (Lipinski definition) is 3. The van der Waals surface area contributed by atoms with E-state index in [4.69, 9.17) is 0 Å². The van der Waals surface area contributed by atoms with Crippen LogP contribution in [0.2, 0.25) is 0 Å². The van der Waals surface area contributed by atoms with Gasteiger partial charge in [-0.15, -0.1) is 11.3 Å². The Bertz CT molecular complexity index is 205. The maximum Gasteiger partial charge on any atom is 0.150 e. The molecule has 1 aromatic rings. The molecule has 56 valence electrons. The second kappa shape index (κ2) is 3.39. The van der Waals surface area contributed by atoms with Crippen molar-refractivity contribution in [1.29, 1.82) is 0 Å². The summed E-state index contributed by atoms with van der Waals surface area (Å²) in [6.45, 7) is 6.45. The molecule has 0 radical (unpaired) electrons. The minimum Gasteiger partial charge on any atom is -0.238 e. The van der Waals surface area contributed by atoms with E-state index >= 15 is 0 Å². The Morgan fingerprint density at radius 2 is 2.30 bits per heavy atom. The summed E-state index contributed by atoms with van der Waals surface area (Å²) in [4.78, 5) is 5.53. The molecule has 1 aromatic heterocycles. The Labute approximate surface area is 69.9 Å². The minimum absolute atomic E-state index is 0.644. The summed E-state index contributed by atoms with van der Waals surface area (Å²) in [7, 11) is 0. The van der Waals surface area contributed by atoms with E-state index in [1.165, 1.54) is 9.22 Å². The summed E-state index contributed by atoms with van der Waals surface area (Å²) in [5.41, 5.74) is 0. The molecular weight excluding hydrogens is 162 g/mol. The smallest absolute Gasteiger partial charge is 0.150 e. The van der Waals surface area contributed by atoms with Gasteiger partial charge in [-0.05, 0) is 6.92 Å². The molecule has 0 aliphatic heterocycles. The van der Waals surface area contributed by atoms with E-state index in [9.17, 15) is 0 Å². The summed E-state index contributed by atoms with van der Waals surface area (Å²) in [6.07, 6.45) is 1.93. The number of aromatic nitrogens is 1. The zero-order chi connectivity index (χ0) is 7.56. The summed E-state index contributed by atoms with van der Waals surface area (Å²) in [5.74, 6) is 0. The quantitative estimate of drug-likeness (QED) is 0.638. The standard InChI is InChI=1S/C7H11NS2/c1-5(2)9-7-8-4-6(3)10-7/h4-5H,1-3H3. The molecule has 0 amide bonds. The van der Waals surface area contributed by atoms with Crippen LogP contribution < -0.4 is 0 Å². The highest BCUT2D eigenvalue weighted by atomic mass is 32.2. The van der Waals surface area contributed by atoms with Crippen molar-refractivity contribution in [3.05, 3.63) is 11.1 Å². The third kappa shape index (κ3) is 2.31. The number of thiazole rings is 1. The molecule has 10 heavy (non-hydrogen) atoms. The fourth-order valence-electron chi connectivity index (χ4n) is 0.590. The minimum atomic E-state index is 0.644. The molecule has 1 rings (SSSR count). The maximum absolute atomic E-state index is 4.24. The lowest BCUT2D eigenvalue weighted by molar-refractivity contribution is 1.10. The van der Waals surface area contributed by atoms with Gasteiger partial charge >= 0.3 is 0 Å². The van der Waals surface area contributed by atoms with Gasteiger partial charge < -0.3 is 0 Å². The van der Waals surface area contributed by atoms with Crippen molar-refractivity contribution in [3.8, 4) is 0 Å². The third-order valence-electron chi connectivity index (χ3n) is 0.937. The number of aryl methyl sites for hydroxylation is 1. The second-order valence-electron chi connectivity index (χ2n) is 2.40. The molecule has 0 aliphatic rings. The van der Waals surface area contributed by atoms with E-state index in [1.54, 1.807) is 11.3 Å². The molecule has 0 aromatic carbocycles. The van der Waals surface area contributed by atoms with Crippen LogP contribution >= 0.6 is 23.1 Å². The lowest BCUT2D eigenvalue weighted by atomic mass is 10.6. The SMILES string of the molecule is Cc1cnc(SC(C)C)s1. The molecule has 0 spiro atoms. The zero-order valence-corrected chi connectivity index (χ0v) is 8.05. The highest BCUT2D eigenvalue weighted by Crippen LogP contribution is 2.26. The normalized spacial score (nSPS) is 10.8. The van der Waals surface area contributed by atoms with E-state index in [0.29, 0.717) is 5.25 Å². The lowest BCUT2D eigenvalue weighted by Crippen LogP contribution is -1.83. The van der Waals surface area contributed by atoms with Crippen molar-refractivity contribution in [2.24, 2.45) is 0 Å². The van der Waals surface area contributed by atoms with Crippen LogP contribution in [0.1, 0.15) is 18.7 Å². The average molecular weight is 173 g/mol. The average Bonchev–Trinajstić information content (AvgIpc) is 2.13. The Morgan fingerprint density at radius 1 is 1.60 bits per heavy atom. The van der Waals surface area contributed by atoms with E-state index in [-0.39, 0.29) is 0 Å². The Kier molecular flexibility index (Phi) is 2.74. The number of rotatable bonds is 2. The number of thioether (sulfide) groups is 1. The van der Waals surface area contributed by atoms with Crippen molar-refractivity contribution >= 4 is 23.1 Å². The molecule has 3 heteroatoms. The van der Waals surface area contributed by atoms with E-state index < -0.39 is 0 Å². The molecule has 1 heterocycles. The Morgan fingerprint density at radius 3 is 2.70 bits per heavy atom. The van der Waals surface area contributed by atoms with Gasteiger partial charge in [0.15, 0.2) is 0 Å².